The molecule has 0 unspecified atom stereocenters. The molecule has 2 aliphatic rings. The standard InChI is InChI=1S/C16H27N5O2/c17-19-16-13-15(21-6-10-23-11-7-21)12-14(18-16)2-1-3-20-4-8-22-9-5-20/h12-13H,1-11,17H2,(H,18,19). The largest absolute Gasteiger partial charge is 0.379 e. The van der Waals surface area contributed by atoms with E-state index in [1.807, 2.05) is 6.07 Å². The van der Waals surface area contributed by atoms with Gasteiger partial charge in [-0.3, -0.25) is 4.90 Å². The molecule has 3 rings (SSSR count). The van der Waals surface area contributed by atoms with Crippen LogP contribution in [0, 0.1) is 0 Å². The van der Waals surface area contributed by atoms with E-state index < -0.39 is 0 Å². The molecule has 0 atom stereocenters. The molecular weight excluding hydrogens is 294 g/mol. The quantitative estimate of drug-likeness (QED) is 0.582. The van der Waals surface area contributed by atoms with E-state index in [9.17, 15) is 0 Å². The van der Waals surface area contributed by atoms with E-state index in [0.29, 0.717) is 0 Å². The molecule has 2 fully saturated rings. The van der Waals surface area contributed by atoms with Crippen LogP contribution in [0.3, 0.4) is 0 Å². The molecule has 23 heavy (non-hydrogen) atoms. The Bertz CT molecular complexity index is 487. The van der Waals surface area contributed by atoms with Crippen molar-refractivity contribution in [2.45, 2.75) is 12.8 Å². The molecular formula is C16H27N5O2. The summed E-state index contributed by atoms with van der Waals surface area (Å²) in [5, 5.41) is 0. The first-order valence-corrected chi connectivity index (χ1v) is 8.45. The van der Waals surface area contributed by atoms with Crippen molar-refractivity contribution in [3.05, 3.63) is 17.8 Å². The third kappa shape index (κ3) is 4.78. The number of hydrogen-bond donors (Lipinski definition) is 2. The number of morpholine rings is 2. The Kier molecular flexibility index (Phi) is 6.04. The molecule has 1 aromatic rings. The second-order valence-corrected chi connectivity index (χ2v) is 6.00. The number of nitrogens with two attached hydrogens (primary N) is 1. The summed E-state index contributed by atoms with van der Waals surface area (Å²) in [4.78, 5) is 9.38. The zero-order valence-corrected chi connectivity index (χ0v) is 13.7. The SMILES string of the molecule is NNc1cc(N2CCOCC2)cc(CCCN2CCOCC2)n1. The highest BCUT2D eigenvalue weighted by Crippen LogP contribution is 2.21. The Morgan fingerprint density at radius 1 is 1.04 bits per heavy atom. The number of rotatable bonds is 6. The molecule has 0 bridgehead atoms. The summed E-state index contributed by atoms with van der Waals surface area (Å²) in [6, 6.07) is 4.20. The highest BCUT2D eigenvalue weighted by molar-refractivity contribution is 5.55. The number of hydrogen-bond acceptors (Lipinski definition) is 7. The summed E-state index contributed by atoms with van der Waals surface area (Å²) in [5.74, 6) is 6.32. The Morgan fingerprint density at radius 2 is 1.74 bits per heavy atom. The first-order chi connectivity index (χ1) is 11.3. The number of aryl methyl sites for hydroxylation is 1. The molecule has 7 heteroatoms. The van der Waals surface area contributed by atoms with Crippen molar-refractivity contribution >= 4 is 11.5 Å². The van der Waals surface area contributed by atoms with Crippen molar-refractivity contribution in [2.24, 2.45) is 5.84 Å². The van der Waals surface area contributed by atoms with Gasteiger partial charge in [0.05, 0.1) is 26.4 Å². The first kappa shape index (κ1) is 16.4. The Balaban J connectivity index is 1.58. The third-order valence-corrected chi connectivity index (χ3v) is 4.40. The predicted molar refractivity (Wildman–Crippen MR) is 90.7 cm³/mol. The molecule has 0 saturated carbocycles. The van der Waals surface area contributed by atoms with Crippen molar-refractivity contribution in [2.75, 3.05) is 69.5 Å². The summed E-state index contributed by atoms with van der Waals surface area (Å²) < 4.78 is 10.8. The number of hydrazine groups is 1. The van der Waals surface area contributed by atoms with Gasteiger partial charge in [-0.25, -0.2) is 10.8 Å². The first-order valence-electron chi connectivity index (χ1n) is 8.45. The van der Waals surface area contributed by atoms with Crippen LogP contribution in [0.15, 0.2) is 12.1 Å². The van der Waals surface area contributed by atoms with Gasteiger partial charge in [-0.15, -0.1) is 0 Å². The van der Waals surface area contributed by atoms with Gasteiger partial charge in [-0.05, 0) is 25.5 Å². The molecule has 7 nitrogen and oxygen atoms in total. The summed E-state index contributed by atoms with van der Waals surface area (Å²) >= 11 is 0. The van der Waals surface area contributed by atoms with Gasteiger partial charge in [0.2, 0.25) is 0 Å². The van der Waals surface area contributed by atoms with Crippen LogP contribution in [-0.2, 0) is 15.9 Å². The van der Waals surface area contributed by atoms with Crippen LogP contribution in [0.25, 0.3) is 0 Å². The van der Waals surface area contributed by atoms with Crippen molar-refractivity contribution in [3.8, 4) is 0 Å². The van der Waals surface area contributed by atoms with Crippen LogP contribution < -0.4 is 16.2 Å². The molecule has 3 heterocycles. The second-order valence-electron chi connectivity index (χ2n) is 6.00. The number of pyridine rings is 1. The van der Waals surface area contributed by atoms with E-state index in [1.165, 1.54) is 5.69 Å². The van der Waals surface area contributed by atoms with E-state index in [1.54, 1.807) is 0 Å². The maximum absolute atomic E-state index is 5.58. The van der Waals surface area contributed by atoms with E-state index >= 15 is 0 Å². The van der Waals surface area contributed by atoms with Gasteiger partial charge in [0, 0.05) is 43.6 Å². The van der Waals surface area contributed by atoms with Crippen molar-refractivity contribution < 1.29 is 9.47 Å². The summed E-state index contributed by atoms with van der Waals surface area (Å²) in [5.41, 5.74) is 4.96. The molecule has 2 aliphatic heterocycles. The van der Waals surface area contributed by atoms with Gasteiger partial charge in [-0.1, -0.05) is 0 Å². The number of anilines is 2. The predicted octanol–water partition coefficient (Wildman–Crippen LogP) is 0.469. The number of ether oxygens (including phenoxy) is 2. The maximum Gasteiger partial charge on any atom is 0.142 e. The van der Waals surface area contributed by atoms with Crippen molar-refractivity contribution in [1.29, 1.82) is 0 Å². The smallest absolute Gasteiger partial charge is 0.142 e. The fourth-order valence-corrected chi connectivity index (χ4v) is 3.09. The fourth-order valence-electron chi connectivity index (χ4n) is 3.09. The number of nitrogen functional groups attached to an aromatic ring is 1. The van der Waals surface area contributed by atoms with Gasteiger partial charge in [-0.2, -0.15) is 0 Å². The lowest BCUT2D eigenvalue weighted by atomic mass is 10.1. The zero-order valence-electron chi connectivity index (χ0n) is 13.7. The number of nitrogens with zero attached hydrogens (tertiary/aromatic N) is 3. The van der Waals surface area contributed by atoms with Gasteiger partial charge < -0.3 is 19.8 Å². The van der Waals surface area contributed by atoms with Crippen molar-refractivity contribution in [3.63, 3.8) is 0 Å². The summed E-state index contributed by atoms with van der Waals surface area (Å²) in [7, 11) is 0. The van der Waals surface area contributed by atoms with Gasteiger partial charge in [0.25, 0.3) is 0 Å². The Hall–Kier alpha value is -1.41. The number of nitrogens with one attached hydrogen (secondary N) is 1. The van der Waals surface area contributed by atoms with Crippen LogP contribution in [0.1, 0.15) is 12.1 Å². The molecule has 0 radical (unpaired) electrons. The molecule has 3 N–H and O–H groups in total. The fraction of sp³-hybridized carbons (Fsp3) is 0.688. The molecule has 1 aromatic heterocycles. The molecule has 128 valence electrons. The zero-order chi connectivity index (χ0) is 15.9. The minimum absolute atomic E-state index is 0.732. The van der Waals surface area contributed by atoms with E-state index in [-0.39, 0.29) is 0 Å². The van der Waals surface area contributed by atoms with Crippen LogP contribution in [0.5, 0.6) is 0 Å². The maximum atomic E-state index is 5.58. The molecule has 0 spiro atoms. The van der Waals surface area contributed by atoms with Crippen LogP contribution in [0.2, 0.25) is 0 Å². The van der Waals surface area contributed by atoms with Gasteiger partial charge >= 0.3 is 0 Å². The lowest BCUT2D eigenvalue weighted by Gasteiger charge is -2.29. The molecule has 0 amide bonds. The van der Waals surface area contributed by atoms with Crippen LogP contribution in [-0.4, -0.2) is 69.0 Å². The second kappa shape index (κ2) is 8.44. The molecule has 2 saturated heterocycles. The highest BCUT2D eigenvalue weighted by Gasteiger charge is 2.14. The minimum Gasteiger partial charge on any atom is -0.379 e. The monoisotopic (exact) mass is 321 g/mol. The van der Waals surface area contributed by atoms with Crippen molar-refractivity contribution in [1.82, 2.24) is 9.88 Å². The van der Waals surface area contributed by atoms with Gasteiger partial charge in [0.1, 0.15) is 5.82 Å². The average Bonchev–Trinajstić information content (AvgIpc) is 2.63. The Labute approximate surface area is 137 Å². The van der Waals surface area contributed by atoms with E-state index in [2.05, 4.69) is 26.3 Å². The lowest BCUT2D eigenvalue weighted by molar-refractivity contribution is 0.0374. The van der Waals surface area contributed by atoms with Crippen LogP contribution >= 0.6 is 0 Å². The lowest BCUT2D eigenvalue weighted by Crippen LogP contribution is -2.37. The molecule has 0 aromatic carbocycles. The van der Waals surface area contributed by atoms with Crippen LogP contribution in [0.4, 0.5) is 11.5 Å². The minimum atomic E-state index is 0.732. The highest BCUT2D eigenvalue weighted by atomic mass is 16.5. The normalized spacial score (nSPS) is 19.8. The van der Waals surface area contributed by atoms with E-state index in [0.717, 1.165) is 83.5 Å². The Morgan fingerprint density at radius 3 is 2.43 bits per heavy atom. The van der Waals surface area contributed by atoms with Gasteiger partial charge in [0.15, 0.2) is 0 Å². The summed E-state index contributed by atoms with van der Waals surface area (Å²) in [6.45, 7) is 8.27. The molecule has 0 aliphatic carbocycles. The average molecular weight is 321 g/mol. The third-order valence-electron chi connectivity index (χ3n) is 4.40. The summed E-state index contributed by atoms with van der Waals surface area (Å²) in [6.07, 6.45) is 2.06. The van der Waals surface area contributed by atoms with E-state index in [4.69, 9.17) is 15.3 Å². The number of aromatic nitrogens is 1. The topological polar surface area (TPSA) is 75.9 Å².